The first-order chi connectivity index (χ1) is 18.8. The Labute approximate surface area is 227 Å². The summed E-state index contributed by atoms with van der Waals surface area (Å²) in [6.45, 7) is 4.65. The molecule has 0 bridgehead atoms. The molecule has 5 rings (SSSR count). The van der Waals surface area contributed by atoms with E-state index in [0.717, 1.165) is 48.2 Å². The van der Waals surface area contributed by atoms with Crippen molar-refractivity contribution in [3.05, 3.63) is 46.3 Å². The fourth-order valence-corrected chi connectivity index (χ4v) is 5.70. The number of aromatic nitrogens is 2. The maximum absolute atomic E-state index is 14.4. The number of carbonyl (C=O) groups excluding carboxylic acids is 1. The summed E-state index contributed by atoms with van der Waals surface area (Å²) in [6.07, 6.45) is 1.20. The number of alkyl halides is 2. The summed E-state index contributed by atoms with van der Waals surface area (Å²) in [6, 6.07) is 5.24. The van der Waals surface area contributed by atoms with Crippen molar-refractivity contribution < 1.29 is 18.3 Å². The number of rotatable bonds is 5. The standard InChI is InChI=1S/C28H37F2N7O2/c1-17-13-24(34-35(17)3)20-14-18-5-4-9-37(25(18)15-21(20)26(29)30)27(31)22-16-36(28(38)32-2)10-6-23(22)33-19-7-11-39-12-8-19/h13-15,19,26,31,33H,4-12,16H2,1-3H3,(H,32,38). The van der Waals surface area contributed by atoms with Crippen LogP contribution in [0, 0.1) is 12.3 Å². The van der Waals surface area contributed by atoms with E-state index in [0.29, 0.717) is 49.7 Å². The lowest BCUT2D eigenvalue weighted by molar-refractivity contribution is 0.0798. The van der Waals surface area contributed by atoms with E-state index in [1.807, 2.05) is 24.0 Å². The van der Waals surface area contributed by atoms with Crippen LogP contribution in [0.1, 0.15) is 48.9 Å². The van der Waals surface area contributed by atoms with E-state index in [9.17, 15) is 19.0 Å². The summed E-state index contributed by atoms with van der Waals surface area (Å²) in [5.41, 5.74) is 5.00. The Morgan fingerprint density at radius 1 is 1.18 bits per heavy atom. The van der Waals surface area contributed by atoms with Gasteiger partial charge in [0.15, 0.2) is 0 Å². The molecule has 4 heterocycles. The van der Waals surface area contributed by atoms with Crippen LogP contribution in [0.3, 0.4) is 0 Å². The summed E-state index contributed by atoms with van der Waals surface area (Å²) < 4.78 is 36.0. The highest BCUT2D eigenvalue weighted by Crippen LogP contribution is 2.39. The molecule has 1 aromatic heterocycles. The minimum absolute atomic E-state index is 0.0864. The number of aryl methyl sites for hydroxylation is 3. The maximum Gasteiger partial charge on any atom is 0.317 e. The van der Waals surface area contributed by atoms with Gasteiger partial charge in [-0.15, -0.1) is 0 Å². The Morgan fingerprint density at radius 2 is 1.95 bits per heavy atom. The van der Waals surface area contributed by atoms with Gasteiger partial charge in [-0.3, -0.25) is 10.1 Å². The Kier molecular flexibility index (Phi) is 7.88. The Morgan fingerprint density at radius 3 is 2.62 bits per heavy atom. The van der Waals surface area contributed by atoms with Gasteiger partial charge in [0.05, 0.1) is 12.2 Å². The van der Waals surface area contributed by atoms with Crippen molar-refractivity contribution in [1.29, 1.82) is 5.41 Å². The molecule has 0 saturated carbocycles. The molecule has 1 aromatic carbocycles. The molecule has 9 nitrogen and oxygen atoms in total. The zero-order chi connectivity index (χ0) is 27.7. The number of nitrogens with zero attached hydrogens (tertiary/aromatic N) is 4. The Bertz CT molecular complexity index is 1260. The minimum atomic E-state index is -2.69. The van der Waals surface area contributed by atoms with Crippen molar-refractivity contribution in [2.45, 2.75) is 51.5 Å². The van der Waals surface area contributed by atoms with E-state index in [4.69, 9.17) is 4.74 Å². The molecule has 0 spiro atoms. The third kappa shape index (κ3) is 5.50. The van der Waals surface area contributed by atoms with Crippen molar-refractivity contribution in [2.75, 3.05) is 44.8 Å². The topological polar surface area (TPSA) is 98.5 Å². The van der Waals surface area contributed by atoms with Crippen LogP contribution in [0.2, 0.25) is 0 Å². The predicted molar refractivity (Wildman–Crippen MR) is 146 cm³/mol. The third-order valence-corrected chi connectivity index (χ3v) is 8.00. The lowest BCUT2D eigenvalue weighted by atomic mass is 9.93. The SMILES string of the molecule is CNC(=O)N1CCC(NC2CCOCC2)=C(C(=N)N2CCCc3cc(-c4cc(C)n(C)n4)c(C(F)F)cc32)C1. The first kappa shape index (κ1) is 27.1. The number of carbonyl (C=O) groups is 1. The van der Waals surface area contributed by atoms with Crippen LogP contribution in [0.25, 0.3) is 11.3 Å². The molecule has 11 heteroatoms. The third-order valence-electron chi connectivity index (χ3n) is 8.00. The van der Waals surface area contributed by atoms with E-state index >= 15 is 0 Å². The van der Waals surface area contributed by atoms with E-state index in [1.54, 1.807) is 29.7 Å². The van der Waals surface area contributed by atoms with Gasteiger partial charge in [0.2, 0.25) is 0 Å². The van der Waals surface area contributed by atoms with Gasteiger partial charge in [-0.2, -0.15) is 5.10 Å². The molecule has 0 radical (unpaired) electrons. The van der Waals surface area contributed by atoms with Gasteiger partial charge in [-0.1, -0.05) is 0 Å². The van der Waals surface area contributed by atoms with Gasteiger partial charge in [-0.25, -0.2) is 13.6 Å². The number of hydrogen-bond acceptors (Lipinski definition) is 5. The number of anilines is 1. The number of ether oxygens (including phenoxy) is 1. The number of urea groups is 1. The molecular weight excluding hydrogens is 504 g/mol. The average molecular weight is 542 g/mol. The molecule has 0 atom stereocenters. The molecule has 0 aliphatic carbocycles. The second-order valence-corrected chi connectivity index (χ2v) is 10.5. The molecule has 3 aliphatic rings. The summed E-state index contributed by atoms with van der Waals surface area (Å²) >= 11 is 0. The van der Waals surface area contributed by atoms with Crippen LogP contribution in [0.4, 0.5) is 19.3 Å². The summed E-state index contributed by atoms with van der Waals surface area (Å²) in [5.74, 6) is 0.251. The summed E-state index contributed by atoms with van der Waals surface area (Å²) in [5, 5.41) is 20.1. The van der Waals surface area contributed by atoms with Gasteiger partial charge in [-0.05, 0) is 56.4 Å². The molecule has 2 aromatic rings. The van der Waals surface area contributed by atoms with E-state index in [1.165, 1.54) is 0 Å². The number of halogens is 2. The van der Waals surface area contributed by atoms with Crippen LogP contribution in [0.5, 0.6) is 0 Å². The number of amidine groups is 1. The Hall–Kier alpha value is -3.47. The van der Waals surface area contributed by atoms with E-state index in [2.05, 4.69) is 15.7 Å². The fraction of sp³-hybridized carbons (Fsp3) is 0.536. The lowest BCUT2D eigenvalue weighted by Crippen LogP contribution is -2.48. The molecule has 1 fully saturated rings. The molecule has 3 aliphatic heterocycles. The first-order valence-electron chi connectivity index (χ1n) is 13.6. The summed E-state index contributed by atoms with van der Waals surface area (Å²) in [7, 11) is 3.40. The quantitative estimate of drug-likeness (QED) is 0.391. The number of nitrogens with one attached hydrogen (secondary N) is 3. The van der Waals surface area contributed by atoms with Crippen molar-refractivity contribution in [3.63, 3.8) is 0 Å². The normalized spacial score (nSPS) is 18.4. The largest absolute Gasteiger partial charge is 0.385 e. The van der Waals surface area contributed by atoms with Crippen LogP contribution >= 0.6 is 0 Å². The highest BCUT2D eigenvalue weighted by Gasteiger charge is 2.32. The fourth-order valence-electron chi connectivity index (χ4n) is 5.70. The molecule has 39 heavy (non-hydrogen) atoms. The average Bonchev–Trinajstić information content (AvgIpc) is 3.29. The second-order valence-electron chi connectivity index (χ2n) is 10.5. The van der Waals surface area contributed by atoms with Crippen LogP contribution in [0.15, 0.2) is 29.5 Å². The summed E-state index contributed by atoms with van der Waals surface area (Å²) in [4.78, 5) is 16.0. The van der Waals surface area contributed by atoms with Crippen LogP contribution in [-0.2, 0) is 18.2 Å². The smallest absolute Gasteiger partial charge is 0.317 e. The molecule has 3 N–H and O–H groups in total. The maximum atomic E-state index is 14.4. The van der Waals surface area contributed by atoms with Crippen LogP contribution < -0.4 is 15.5 Å². The second kappa shape index (κ2) is 11.3. The Balaban J connectivity index is 1.52. The van der Waals surface area contributed by atoms with Gasteiger partial charge in [0.25, 0.3) is 6.43 Å². The molecular formula is C28H37F2N7O2. The highest BCUT2D eigenvalue weighted by atomic mass is 19.3. The zero-order valence-electron chi connectivity index (χ0n) is 22.8. The predicted octanol–water partition coefficient (Wildman–Crippen LogP) is 4.13. The van der Waals surface area contributed by atoms with Crippen molar-refractivity contribution in [3.8, 4) is 11.3 Å². The zero-order valence-corrected chi connectivity index (χ0v) is 22.8. The van der Waals surface area contributed by atoms with Gasteiger partial charge < -0.3 is 25.2 Å². The van der Waals surface area contributed by atoms with Crippen LogP contribution in [-0.4, -0.2) is 72.5 Å². The van der Waals surface area contributed by atoms with Crippen molar-refractivity contribution in [1.82, 2.24) is 25.3 Å². The number of hydrogen-bond donors (Lipinski definition) is 3. The van der Waals surface area contributed by atoms with Gasteiger partial charge in [0.1, 0.15) is 5.84 Å². The highest BCUT2D eigenvalue weighted by molar-refractivity contribution is 6.09. The first-order valence-corrected chi connectivity index (χ1v) is 13.6. The van der Waals surface area contributed by atoms with Crippen molar-refractivity contribution in [2.24, 2.45) is 7.05 Å². The van der Waals surface area contributed by atoms with Crippen molar-refractivity contribution >= 4 is 17.6 Å². The minimum Gasteiger partial charge on any atom is -0.385 e. The molecule has 210 valence electrons. The number of fused-ring (bicyclic) bond motifs is 1. The molecule has 1 saturated heterocycles. The lowest BCUT2D eigenvalue weighted by Gasteiger charge is -2.38. The number of benzene rings is 1. The van der Waals surface area contributed by atoms with Gasteiger partial charge >= 0.3 is 6.03 Å². The molecule has 0 unspecified atom stereocenters. The monoisotopic (exact) mass is 541 g/mol. The molecule has 2 amide bonds. The number of amides is 2. The van der Waals surface area contributed by atoms with E-state index < -0.39 is 6.43 Å². The van der Waals surface area contributed by atoms with Gasteiger partial charge in [0, 0.05) is 86.6 Å². The van der Waals surface area contributed by atoms with E-state index in [-0.39, 0.29) is 30.0 Å².